The summed E-state index contributed by atoms with van der Waals surface area (Å²) in [6, 6.07) is 3.57. The Hall–Kier alpha value is -3.62. The van der Waals surface area contributed by atoms with Crippen molar-refractivity contribution in [1.29, 1.82) is 0 Å². The van der Waals surface area contributed by atoms with Gasteiger partial charge < -0.3 is 35.2 Å². The van der Waals surface area contributed by atoms with E-state index in [4.69, 9.17) is 25.2 Å². The highest BCUT2D eigenvalue weighted by Gasteiger charge is 2.28. The van der Waals surface area contributed by atoms with Crippen LogP contribution >= 0.6 is 11.3 Å². The molecule has 3 aliphatic heterocycles. The first-order chi connectivity index (χ1) is 19.6. The Morgan fingerprint density at radius 1 is 1.05 bits per heavy atom. The van der Waals surface area contributed by atoms with Gasteiger partial charge in [-0.3, -0.25) is 9.59 Å². The zero-order valence-corrected chi connectivity index (χ0v) is 23.1. The number of ether oxygens (including phenoxy) is 2. The smallest absolute Gasteiger partial charge is 0.320 e. The molecule has 3 saturated heterocycles. The average Bonchev–Trinajstić information content (AvgIpc) is 3.64. The maximum absolute atomic E-state index is 13.5. The topological polar surface area (TPSA) is 152 Å². The van der Waals surface area contributed by atoms with E-state index < -0.39 is 5.97 Å². The minimum absolute atomic E-state index is 0.154. The van der Waals surface area contributed by atoms with E-state index in [0.29, 0.717) is 50.0 Å². The zero-order valence-electron chi connectivity index (χ0n) is 22.3. The van der Waals surface area contributed by atoms with Crippen molar-refractivity contribution in [3.8, 4) is 0 Å². The first-order valence-corrected chi connectivity index (χ1v) is 14.6. The number of piperidine rings is 1. The number of thiazole rings is 1. The molecule has 0 bridgehead atoms. The molecule has 0 radical (unpaired) electrons. The van der Waals surface area contributed by atoms with E-state index in [0.717, 1.165) is 54.7 Å². The molecule has 212 valence electrons. The lowest BCUT2D eigenvalue weighted by molar-refractivity contribution is -0.146. The summed E-state index contributed by atoms with van der Waals surface area (Å²) < 4.78 is 11.8. The Morgan fingerprint density at radius 2 is 1.88 bits per heavy atom. The van der Waals surface area contributed by atoms with Gasteiger partial charge in [-0.25, -0.2) is 15.0 Å². The summed E-state index contributed by atoms with van der Waals surface area (Å²) in [4.78, 5) is 50.0. The summed E-state index contributed by atoms with van der Waals surface area (Å²) in [5.41, 5.74) is 6.94. The molecule has 0 saturated carbocycles. The Balaban J connectivity index is 1.24. The van der Waals surface area contributed by atoms with Gasteiger partial charge in [0.05, 0.1) is 36.7 Å². The number of hydrogen-bond acceptors (Lipinski definition) is 13. The molecule has 6 rings (SSSR count). The van der Waals surface area contributed by atoms with Gasteiger partial charge in [0.1, 0.15) is 11.8 Å². The Bertz CT molecular complexity index is 1370. The summed E-state index contributed by atoms with van der Waals surface area (Å²) in [7, 11) is 0. The molecule has 6 heterocycles. The molecule has 0 aromatic carbocycles. The number of carbonyl (C=O) groups excluding carboxylic acids is 2. The summed E-state index contributed by atoms with van der Waals surface area (Å²) in [5.74, 6) is 0.374. The van der Waals surface area contributed by atoms with Crippen LogP contribution in [0.2, 0.25) is 0 Å². The first kappa shape index (κ1) is 26.6. The largest absolute Gasteiger partial charge is 0.459 e. The van der Waals surface area contributed by atoms with Crippen LogP contribution in [-0.4, -0.2) is 96.9 Å². The third-order valence-corrected chi connectivity index (χ3v) is 8.36. The highest BCUT2D eigenvalue weighted by Crippen LogP contribution is 2.35. The monoisotopic (exact) mass is 567 g/mol. The van der Waals surface area contributed by atoms with Gasteiger partial charge >= 0.3 is 5.97 Å². The summed E-state index contributed by atoms with van der Waals surface area (Å²) in [6.45, 7) is 5.63. The second-order valence-corrected chi connectivity index (χ2v) is 11.1. The third-order valence-electron chi connectivity index (χ3n) is 7.30. The van der Waals surface area contributed by atoms with Crippen molar-refractivity contribution in [3.63, 3.8) is 0 Å². The van der Waals surface area contributed by atoms with E-state index in [1.807, 2.05) is 11.0 Å². The number of rotatable bonds is 7. The maximum Gasteiger partial charge on any atom is 0.320 e. The van der Waals surface area contributed by atoms with Gasteiger partial charge in [0.2, 0.25) is 5.95 Å². The van der Waals surface area contributed by atoms with Gasteiger partial charge in [0.25, 0.3) is 5.91 Å². The molecule has 40 heavy (non-hydrogen) atoms. The van der Waals surface area contributed by atoms with Crippen molar-refractivity contribution < 1.29 is 19.1 Å². The number of morpholine rings is 1. The van der Waals surface area contributed by atoms with Crippen LogP contribution in [-0.2, 0) is 14.3 Å². The third kappa shape index (κ3) is 5.78. The van der Waals surface area contributed by atoms with Gasteiger partial charge in [0.15, 0.2) is 16.6 Å². The minimum Gasteiger partial charge on any atom is -0.459 e. The SMILES string of the molecule is NCC(=O)O[C@H]1CCN(c2nccc(C(=O)Nc3cc4sc(N5CCOCC5)nc4nc3N3CCCCC3)n2)C1. The number of carbonyl (C=O) groups is 2. The Kier molecular flexibility index (Phi) is 7.89. The highest BCUT2D eigenvalue weighted by molar-refractivity contribution is 7.22. The van der Waals surface area contributed by atoms with Gasteiger partial charge in [0, 0.05) is 45.3 Å². The summed E-state index contributed by atoms with van der Waals surface area (Å²) >= 11 is 1.57. The van der Waals surface area contributed by atoms with E-state index in [2.05, 4.69) is 25.1 Å². The second-order valence-electron chi connectivity index (χ2n) is 10.1. The molecule has 13 nitrogen and oxygen atoms in total. The van der Waals surface area contributed by atoms with Crippen molar-refractivity contribution in [3.05, 3.63) is 24.0 Å². The fourth-order valence-corrected chi connectivity index (χ4v) is 6.22. The summed E-state index contributed by atoms with van der Waals surface area (Å²) in [5, 5.41) is 3.99. The average molecular weight is 568 g/mol. The zero-order chi connectivity index (χ0) is 27.5. The predicted octanol–water partition coefficient (Wildman–Crippen LogP) is 1.64. The number of nitrogens with two attached hydrogens (primary N) is 1. The van der Waals surface area contributed by atoms with E-state index in [1.165, 1.54) is 6.42 Å². The Labute approximate surface area is 235 Å². The van der Waals surface area contributed by atoms with Gasteiger partial charge in [-0.1, -0.05) is 11.3 Å². The molecule has 0 aliphatic carbocycles. The van der Waals surface area contributed by atoms with E-state index in [1.54, 1.807) is 23.6 Å². The normalized spacial score (nSPS) is 19.7. The molecule has 3 N–H and O–H groups in total. The molecule has 1 atom stereocenters. The first-order valence-electron chi connectivity index (χ1n) is 13.8. The van der Waals surface area contributed by atoms with Crippen LogP contribution in [0.1, 0.15) is 36.2 Å². The number of amides is 1. The second kappa shape index (κ2) is 11.9. The van der Waals surface area contributed by atoms with Crippen molar-refractivity contribution >= 4 is 56.1 Å². The number of nitrogens with one attached hydrogen (secondary N) is 1. The molecular formula is C26H33N9O4S. The number of aromatic nitrogens is 4. The summed E-state index contributed by atoms with van der Waals surface area (Å²) in [6.07, 6.45) is 5.29. The van der Waals surface area contributed by atoms with Gasteiger partial charge in [-0.05, 0) is 31.4 Å². The molecule has 1 amide bonds. The maximum atomic E-state index is 13.5. The molecule has 3 fully saturated rings. The number of hydrogen-bond donors (Lipinski definition) is 2. The van der Waals surface area contributed by atoms with Crippen LogP contribution in [0.5, 0.6) is 0 Å². The molecule has 0 unspecified atom stereocenters. The van der Waals surface area contributed by atoms with Crippen LogP contribution in [0.4, 0.5) is 22.6 Å². The quantitative estimate of drug-likeness (QED) is 0.399. The lowest BCUT2D eigenvalue weighted by Crippen LogP contribution is -2.36. The minimum atomic E-state index is -0.436. The van der Waals surface area contributed by atoms with Crippen molar-refractivity contribution in [1.82, 2.24) is 19.9 Å². The van der Waals surface area contributed by atoms with E-state index >= 15 is 0 Å². The fraction of sp³-hybridized carbons (Fsp3) is 0.538. The lowest BCUT2D eigenvalue weighted by atomic mass is 10.1. The Morgan fingerprint density at radius 3 is 2.67 bits per heavy atom. The molecule has 3 aliphatic rings. The van der Waals surface area contributed by atoms with Crippen LogP contribution in [0.15, 0.2) is 18.3 Å². The molecule has 0 spiro atoms. The van der Waals surface area contributed by atoms with E-state index in [9.17, 15) is 9.59 Å². The standard InChI is InChI=1S/C26H33N9O4S/c27-15-21(36)39-17-5-9-35(16-17)25-28-6-4-18(30-25)24(37)29-19-14-20-22(31-23(19)33-7-2-1-3-8-33)32-26(40-20)34-10-12-38-13-11-34/h4,6,14,17H,1-3,5,7-13,15-16,27H2,(H,29,37)/t17-/m0/s1. The number of fused-ring (bicyclic) bond motifs is 1. The van der Waals surface area contributed by atoms with Crippen LogP contribution < -0.4 is 25.8 Å². The van der Waals surface area contributed by atoms with Crippen molar-refractivity contribution in [2.45, 2.75) is 31.8 Å². The van der Waals surface area contributed by atoms with Crippen LogP contribution in [0, 0.1) is 0 Å². The molecule has 14 heteroatoms. The number of esters is 1. The van der Waals surface area contributed by atoms with Gasteiger partial charge in [-0.15, -0.1) is 0 Å². The molecule has 3 aromatic rings. The number of nitrogens with zero attached hydrogens (tertiary/aromatic N) is 7. The lowest BCUT2D eigenvalue weighted by Gasteiger charge is -2.29. The number of anilines is 4. The predicted molar refractivity (Wildman–Crippen MR) is 152 cm³/mol. The van der Waals surface area contributed by atoms with Crippen molar-refractivity contribution in [2.24, 2.45) is 5.73 Å². The van der Waals surface area contributed by atoms with E-state index in [-0.39, 0.29) is 24.2 Å². The number of pyridine rings is 1. The fourth-order valence-electron chi connectivity index (χ4n) is 5.23. The van der Waals surface area contributed by atoms with Crippen molar-refractivity contribution in [2.75, 3.05) is 79.0 Å². The molecular weight excluding hydrogens is 534 g/mol. The van der Waals surface area contributed by atoms with Crippen LogP contribution in [0.25, 0.3) is 10.3 Å². The van der Waals surface area contributed by atoms with Crippen LogP contribution in [0.3, 0.4) is 0 Å². The highest BCUT2D eigenvalue weighted by atomic mass is 32.1. The molecule has 3 aromatic heterocycles. The van der Waals surface area contributed by atoms with Gasteiger partial charge in [-0.2, -0.15) is 4.98 Å².